The van der Waals surface area contributed by atoms with Gasteiger partial charge in [-0.05, 0) is 57.5 Å². The Morgan fingerprint density at radius 2 is 1.83 bits per heavy atom. The summed E-state index contributed by atoms with van der Waals surface area (Å²) in [5, 5.41) is 12.9. The third kappa shape index (κ3) is 7.30. The maximum absolute atomic E-state index is 13.0. The Morgan fingerprint density at radius 3 is 2.31 bits per heavy atom. The molecule has 0 aliphatic heterocycles. The number of aromatic nitrogens is 1. The normalized spacial score (nSPS) is 12.2. The van der Waals surface area contributed by atoms with Crippen LogP contribution >= 0.6 is 11.6 Å². The number of carbonyl (C=O) groups excluding carboxylic acids is 2. The molecule has 0 aliphatic rings. The van der Waals surface area contributed by atoms with Crippen LogP contribution in [0.15, 0.2) is 47.4 Å². The number of aliphatic hydroxyl groups is 1. The van der Waals surface area contributed by atoms with Crippen LogP contribution in [0.2, 0.25) is 0 Å². The van der Waals surface area contributed by atoms with E-state index in [-0.39, 0.29) is 4.90 Å². The van der Waals surface area contributed by atoms with Crippen molar-refractivity contribution < 1.29 is 27.9 Å². The van der Waals surface area contributed by atoms with Crippen molar-refractivity contribution in [3.05, 3.63) is 65.0 Å². The number of benzene rings is 1. The van der Waals surface area contributed by atoms with Gasteiger partial charge < -0.3 is 19.7 Å². The average molecular weight is 523 g/mol. The van der Waals surface area contributed by atoms with Gasteiger partial charge in [-0.25, -0.2) is 8.42 Å². The highest BCUT2D eigenvalue weighted by atomic mass is 35.5. The summed E-state index contributed by atoms with van der Waals surface area (Å²) in [5.41, 5.74) is 3.16. The fraction of sp³-hybridized carbons (Fsp3) is 0.360. The molecule has 1 amide bonds. The van der Waals surface area contributed by atoms with E-state index in [0.29, 0.717) is 21.9 Å². The number of ether oxygens (including phenoxy) is 1. The Morgan fingerprint density at radius 1 is 1.23 bits per heavy atom. The molecule has 0 bridgehead atoms. The van der Waals surface area contributed by atoms with E-state index in [1.807, 2.05) is 19.9 Å². The summed E-state index contributed by atoms with van der Waals surface area (Å²) in [6, 6.07) is 6.44. The zero-order chi connectivity index (χ0) is 26.5. The molecular formula is C25H31ClN2O6S. The second kappa shape index (κ2) is 11.7. The molecule has 0 fully saturated rings. The number of halogens is 1. The van der Waals surface area contributed by atoms with Crippen molar-refractivity contribution in [2.75, 3.05) is 12.4 Å². The zero-order valence-corrected chi connectivity index (χ0v) is 22.0. The van der Waals surface area contributed by atoms with Crippen molar-refractivity contribution in [2.45, 2.75) is 44.7 Å². The third-order valence-electron chi connectivity index (χ3n) is 5.03. The van der Waals surface area contributed by atoms with Gasteiger partial charge in [-0.2, -0.15) is 0 Å². The van der Waals surface area contributed by atoms with Crippen LogP contribution in [-0.4, -0.2) is 48.4 Å². The number of hydrogen-bond acceptors (Lipinski definition) is 6. The maximum atomic E-state index is 13.0. The molecule has 1 atom stereocenters. The van der Waals surface area contributed by atoms with Gasteiger partial charge in [-0.15, -0.1) is 0 Å². The predicted octanol–water partition coefficient (Wildman–Crippen LogP) is 3.85. The number of esters is 1. The minimum Gasteiger partial charge on any atom is -0.462 e. The van der Waals surface area contributed by atoms with Crippen molar-refractivity contribution in [1.82, 2.24) is 9.88 Å². The van der Waals surface area contributed by atoms with Gasteiger partial charge in [0, 0.05) is 23.3 Å². The van der Waals surface area contributed by atoms with Gasteiger partial charge in [0.2, 0.25) is 0 Å². The Kier molecular flexibility index (Phi) is 9.48. The number of rotatable bonds is 10. The quantitative estimate of drug-likeness (QED) is 0.458. The summed E-state index contributed by atoms with van der Waals surface area (Å²) < 4.78 is 31.6. The van der Waals surface area contributed by atoms with E-state index >= 15 is 0 Å². The SMILES string of the molecule is C=C(Cl)c1cc(C(=O)N[C@H](CO)c2ccc(S(=O)(=O)CC(=O)OC(C)C)cc2)n(C)c1C=C(C)C. The molecule has 1 heterocycles. The van der Waals surface area contributed by atoms with Crippen LogP contribution in [0.1, 0.15) is 61.0 Å². The van der Waals surface area contributed by atoms with Crippen LogP contribution in [0.25, 0.3) is 11.1 Å². The smallest absolute Gasteiger partial charge is 0.321 e. The van der Waals surface area contributed by atoms with E-state index in [2.05, 4.69) is 11.9 Å². The highest BCUT2D eigenvalue weighted by molar-refractivity contribution is 7.92. The first-order valence-corrected chi connectivity index (χ1v) is 12.9. The molecule has 0 saturated carbocycles. The highest BCUT2D eigenvalue weighted by Gasteiger charge is 2.24. The van der Waals surface area contributed by atoms with E-state index in [1.54, 1.807) is 31.5 Å². The maximum Gasteiger partial charge on any atom is 0.321 e. The summed E-state index contributed by atoms with van der Waals surface area (Å²) in [4.78, 5) is 24.7. The van der Waals surface area contributed by atoms with Gasteiger partial charge >= 0.3 is 5.97 Å². The predicted molar refractivity (Wildman–Crippen MR) is 137 cm³/mol. The van der Waals surface area contributed by atoms with E-state index in [1.165, 1.54) is 24.3 Å². The minimum absolute atomic E-state index is 0.0657. The highest BCUT2D eigenvalue weighted by Crippen LogP contribution is 2.27. The molecule has 190 valence electrons. The summed E-state index contributed by atoms with van der Waals surface area (Å²) in [6.07, 6.45) is 1.47. The van der Waals surface area contributed by atoms with Gasteiger partial charge in [0.1, 0.15) is 5.69 Å². The summed E-state index contributed by atoms with van der Waals surface area (Å²) in [5.74, 6) is -2.06. The van der Waals surface area contributed by atoms with E-state index in [9.17, 15) is 23.1 Å². The standard InChI is InChI=1S/C25H31ClN2O6S/c1-15(2)11-22-20(17(5)26)12-23(28(22)6)25(31)27-21(13-29)18-7-9-19(10-8-18)35(32,33)14-24(30)34-16(3)4/h7-12,16,21,29H,5,13-14H2,1-4,6H3,(H,27,31)/t21-/m1/s1. The van der Waals surface area contributed by atoms with E-state index < -0.39 is 46.2 Å². The Balaban J connectivity index is 2.26. The number of carbonyl (C=O) groups is 2. The number of allylic oxidation sites excluding steroid dienone is 1. The number of amides is 1. The van der Waals surface area contributed by atoms with Crippen LogP contribution in [-0.2, 0) is 26.4 Å². The lowest BCUT2D eigenvalue weighted by Crippen LogP contribution is -2.32. The Hall–Kier alpha value is -2.88. The number of nitrogens with zero attached hydrogens (tertiary/aromatic N) is 1. The van der Waals surface area contributed by atoms with Crippen molar-refractivity contribution >= 4 is 44.4 Å². The number of nitrogens with one attached hydrogen (secondary N) is 1. The molecule has 35 heavy (non-hydrogen) atoms. The zero-order valence-electron chi connectivity index (χ0n) is 20.5. The van der Waals surface area contributed by atoms with Crippen LogP contribution in [0.5, 0.6) is 0 Å². The fourth-order valence-corrected chi connectivity index (χ4v) is 4.66. The van der Waals surface area contributed by atoms with Crippen molar-refractivity contribution in [3.8, 4) is 0 Å². The summed E-state index contributed by atoms with van der Waals surface area (Å²) >= 11 is 6.13. The molecule has 1 aromatic carbocycles. The first-order valence-electron chi connectivity index (χ1n) is 10.9. The average Bonchev–Trinajstić information content (AvgIpc) is 3.07. The molecule has 2 N–H and O–H groups in total. The van der Waals surface area contributed by atoms with Crippen LogP contribution in [0, 0.1) is 0 Å². The van der Waals surface area contributed by atoms with Crippen molar-refractivity contribution in [2.24, 2.45) is 7.05 Å². The van der Waals surface area contributed by atoms with Crippen molar-refractivity contribution in [3.63, 3.8) is 0 Å². The Bertz CT molecular complexity index is 1240. The second-order valence-corrected chi connectivity index (χ2v) is 11.0. The Labute approximate surface area is 211 Å². The number of sulfone groups is 1. The lowest BCUT2D eigenvalue weighted by molar-refractivity contribution is -0.144. The van der Waals surface area contributed by atoms with Crippen LogP contribution in [0.4, 0.5) is 0 Å². The van der Waals surface area contributed by atoms with E-state index in [0.717, 1.165) is 11.3 Å². The van der Waals surface area contributed by atoms with E-state index in [4.69, 9.17) is 16.3 Å². The molecule has 2 aromatic rings. The number of aliphatic hydroxyl groups excluding tert-OH is 1. The molecule has 0 aliphatic carbocycles. The summed E-state index contributed by atoms with van der Waals surface area (Å²) in [6.45, 7) is 10.5. The summed E-state index contributed by atoms with van der Waals surface area (Å²) in [7, 11) is -2.17. The van der Waals surface area contributed by atoms with Gasteiger partial charge in [0.25, 0.3) is 5.91 Å². The molecule has 1 aromatic heterocycles. The van der Waals surface area contributed by atoms with Gasteiger partial charge in [0.15, 0.2) is 15.6 Å². The molecule has 0 unspecified atom stereocenters. The lowest BCUT2D eigenvalue weighted by Gasteiger charge is -2.18. The van der Waals surface area contributed by atoms with Gasteiger partial charge in [-0.1, -0.05) is 35.9 Å². The van der Waals surface area contributed by atoms with Crippen LogP contribution in [0.3, 0.4) is 0 Å². The molecular weight excluding hydrogens is 492 g/mol. The fourth-order valence-electron chi connectivity index (χ4n) is 3.41. The first-order chi connectivity index (χ1) is 16.3. The largest absolute Gasteiger partial charge is 0.462 e. The molecule has 0 radical (unpaired) electrons. The minimum atomic E-state index is -3.90. The molecule has 2 rings (SSSR count). The molecule has 10 heteroatoms. The third-order valence-corrected chi connectivity index (χ3v) is 6.84. The van der Waals surface area contributed by atoms with Crippen molar-refractivity contribution in [1.29, 1.82) is 0 Å². The first kappa shape index (κ1) is 28.4. The molecule has 0 spiro atoms. The van der Waals surface area contributed by atoms with Gasteiger partial charge in [-0.3, -0.25) is 9.59 Å². The second-order valence-electron chi connectivity index (χ2n) is 8.59. The molecule has 0 saturated heterocycles. The lowest BCUT2D eigenvalue weighted by atomic mass is 10.1. The van der Waals surface area contributed by atoms with Gasteiger partial charge in [0.05, 0.1) is 23.6 Å². The number of hydrogen-bond donors (Lipinski definition) is 2. The molecule has 8 nitrogen and oxygen atoms in total. The monoisotopic (exact) mass is 522 g/mol. The topological polar surface area (TPSA) is 115 Å². The van der Waals surface area contributed by atoms with Crippen LogP contribution < -0.4 is 5.32 Å².